The Morgan fingerprint density at radius 2 is 0.412 bits per heavy atom. The zero-order chi connectivity index (χ0) is 100.0. The van der Waals surface area contributed by atoms with E-state index in [1.54, 1.807) is 0 Å². The van der Waals surface area contributed by atoms with E-state index in [-0.39, 0.29) is 6.71 Å². The summed E-state index contributed by atoms with van der Waals surface area (Å²) in [6, 6.07) is 149. The van der Waals surface area contributed by atoms with E-state index >= 15 is 9.13 Å². The summed E-state index contributed by atoms with van der Waals surface area (Å²) in [4.78, 5) is 0. The zero-order valence-electron chi connectivity index (χ0n) is 82.1. The molecular formula is C133H94BO11P3. The van der Waals surface area contributed by atoms with Crippen LogP contribution < -0.4 is 102 Å². The van der Waals surface area contributed by atoms with Crippen LogP contribution in [0.2, 0.25) is 0 Å². The lowest BCUT2D eigenvalue weighted by molar-refractivity contribution is 0.461. The SMILES string of the molecule is Cc1ccccc1-c1cc2c3c(c1)Oc1cc(-c4ccccc4)ccc1P3(=O)c1ccccc1O2.Cc1ccccc1-c1ccc2c(c1)Oc1cc(-c3ccccc3)cc3c1P2(=O)c1ccccc1O3.Cc1ccccc1-c1ccc2c(c1)Oc1cccc3c1P2(=O)c1ccccc1O3.Cc1ccccc1-c1cccc2c1Oc1c(-c3ccccc3C)cc(-c3ccccc3C)c3c1B2c1cccc(-c2ccccc2C)c1O3. The minimum absolute atomic E-state index is 0.0998. The Kier molecular flexibility index (Phi) is 22.2. The van der Waals surface area contributed by atoms with Crippen LogP contribution in [0.5, 0.6) is 92.0 Å². The molecule has 0 spiro atoms. The summed E-state index contributed by atoms with van der Waals surface area (Å²) in [7, 11) is -9.49. The van der Waals surface area contributed by atoms with Crippen molar-refractivity contribution < 1.29 is 51.6 Å². The molecule has 0 aromatic heterocycles. The normalized spacial score (nSPS) is 15.6. The zero-order valence-corrected chi connectivity index (χ0v) is 84.7. The van der Waals surface area contributed by atoms with E-state index < -0.39 is 21.4 Å². The van der Waals surface area contributed by atoms with Crippen molar-refractivity contribution in [3.05, 3.63) is 482 Å². The molecule has 0 saturated carbocycles. The first kappa shape index (κ1) is 90.8. The summed E-state index contributed by atoms with van der Waals surface area (Å²) in [6.45, 7) is 14.9. The Hall–Kier alpha value is -17.2. The summed E-state index contributed by atoms with van der Waals surface area (Å²) in [6.07, 6.45) is 0. The van der Waals surface area contributed by atoms with Gasteiger partial charge in [0.15, 0.2) is 21.4 Å². The maximum atomic E-state index is 15.1. The first-order valence-electron chi connectivity index (χ1n) is 49.9. The van der Waals surface area contributed by atoms with Crippen LogP contribution in [0, 0.1) is 48.5 Å². The van der Waals surface area contributed by atoms with Gasteiger partial charge in [-0.1, -0.05) is 328 Å². The van der Waals surface area contributed by atoms with Crippen molar-refractivity contribution >= 4 is 92.3 Å². The second kappa shape index (κ2) is 36.2. The van der Waals surface area contributed by atoms with Crippen molar-refractivity contribution in [1.82, 2.24) is 0 Å². The molecule has 3 unspecified atom stereocenters. The van der Waals surface area contributed by atoms with Crippen molar-refractivity contribution in [2.75, 3.05) is 0 Å². The first-order valence-corrected chi connectivity index (χ1v) is 55.0. The maximum absolute atomic E-state index is 15.1. The largest absolute Gasteiger partial charge is 0.457 e. The Bertz CT molecular complexity index is 9110. The van der Waals surface area contributed by atoms with Crippen LogP contribution in [0.3, 0.4) is 0 Å². The van der Waals surface area contributed by atoms with E-state index in [4.69, 9.17) is 37.9 Å². The third-order valence-electron chi connectivity index (χ3n) is 29.8. The molecule has 29 rings (SSSR count). The lowest BCUT2D eigenvalue weighted by atomic mass is 9.34. The number of para-hydroxylation sites is 5. The fourth-order valence-electron chi connectivity index (χ4n) is 22.6. The molecule has 15 heteroatoms. The van der Waals surface area contributed by atoms with Gasteiger partial charge in [0.05, 0.1) is 31.8 Å². The Balaban J connectivity index is 0.000000102. The highest BCUT2D eigenvalue weighted by molar-refractivity contribution is 7.87. The van der Waals surface area contributed by atoms with Gasteiger partial charge in [-0.25, -0.2) is 0 Å². The average molecular weight is 1970 g/mol. The summed E-state index contributed by atoms with van der Waals surface area (Å²) in [5, 5.41) is 6.27. The van der Waals surface area contributed by atoms with Gasteiger partial charge in [-0.3, -0.25) is 0 Å². The molecule has 11 nitrogen and oxygen atoms in total. The van der Waals surface area contributed by atoms with E-state index in [1.165, 1.54) is 44.5 Å². The van der Waals surface area contributed by atoms with Crippen molar-refractivity contribution in [2.45, 2.75) is 48.5 Å². The topological polar surface area (TPSA) is 125 Å². The highest BCUT2D eigenvalue weighted by Gasteiger charge is 2.52. The van der Waals surface area contributed by atoms with Crippen LogP contribution in [-0.4, -0.2) is 6.71 Å². The smallest absolute Gasteiger partial charge is 0.260 e. The third-order valence-corrected chi connectivity index (χ3v) is 39.3. The monoisotopic (exact) mass is 1970 g/mol. The number of ether oxygens (including phenoxy) is 8. The first-order chi connectivity index (χ1) is 72.4. The lowest BCUT2D eigenvalue weighted by Gasteiger charge is -2.37. The van der Waals surface area contributed by atoms with E-state index in [1.807, 2.05) is 243 Å². The van der Waals surface area contributed by atoms with Crippen LogP contribution in [0.25, 0.3) is 100 Å². The van der Waals surface area contributed by atoms with E-state index in [2.05, 4.69) is 249 Å². The summed E-state index contributed by atoms with van der Waals surface area (Å²) in [5.74, 6) is 11.0. The number of hydrogen-bond donors (Lipinski definition) is 0. The number of rotatable bonds is 9. The Morgan fingerprint density at radius 1 is 0.162 bits per heavy atom. The minimum Gasteiger partial charge on any atom is -0.457 e. The predicted molar refractivity (Wildman–Crippen MR) is 604 cm³/mol. The van der Waals surface area contributed by atoms with E-state index in [0.29, 0.717) is 95.5 Å². The molecule has 0 amide bonds. The standard InChI is InChI=1S/C46H35BO2.2C31H21O3P.C25H17O3P/c1-28-15-5-9-19-32(28)36-23-13-25-40-43(36)48-45-38(34-21-11-7-17-30(34)3)27-39(35-22-12-8-18-31(35)4)46-42(45)47(40)41-26-14-24-37(44(41)49-46)33-20-10-6-16-29(33)2;1-20-9-5-6-12-24(20)22-15-16-30-26(17-22)34-28-19-23(21-10-3-2-4-11-21)18-27-31(28)35(30,32)29-14-8-7-13-25(29)33-27;1-20-9-5-6-12-24(20)23-18-27-31-28(19-23)34-26-17-22(21-10-3-2-4-11-21)15-16-30(26)35(31,32)29-14-8-7-13-25(29)33-27;1-16-7-2-3-8-18(16)17-13-14-24-22(15-17)28-21-11-6-10-20-25(21)29(24,26)23-12-5-4-9-19(23)27-20/h5-27H,1-4H3;2*2-19H,1H3;2-15H,1H3. The molecule has 21 aromatic rings. The van der Waals surface area contributed by atoms with Gasteiger partial charge >= 0.3 is 0 Å². The van der Waals surface area contributed by atoms with E-state index in [0.717, 1.165) is 155 Å². The van der Waals surface area contributed by atoms with Gasteiger partial charge in [0.1, 0.15) is 108 Å². The number of benzene rings is 21. The number of hydrogen-bond acceptors (Lipinski definition) is 11. The number of aryl methyl sites for hydroxylation is 7. The fourth-order valence-corrected chi connectivity index (χ4v) is 31.7. The van der Waals surface area contributed by atoms with Crippen LogP contribution in [0.4, 0.5) is 0 Å². The molecule has 0 saturated heterocycles. The second-order valence-electron chi connectivity index (χ2n) is 38.7. The highest BCUT2D eigenvalue weighted by Crippen LogP contribution is 2.64. The molecule has 8 aliphatic heterocycles. The second-order valence-corrected chi connectivity index (χ2v) is 46.6. The van der Waals surface area contributed by atoms with Gasteiger partial charge < -0.3 is 51.6 Å². The summed E-state index contributed by atoms with van der Waals surface area (Å²) in [5.41, 5.74) is 31.3. The van der Waals surface area contributed by atoms with Crippen molar-refractivity contribution in [2.24, 2.45) is 0 Å². The molecule has 710 valence electrons. The van der Waals surface area contributed by atoms with Crippen LogP contribution in [0.15, 0.2) is 443 Å². The molecule has 0 fully saturated rings. The quantitative estimate of drug-likeness (QED) is 0.101. The molecule has 8 heterocycles. The fraction of sp³-hybridized carbons (Fsp3) is 0.0526. The van der Waals surface area contributed by atoms with Crippen molar-refractivity contribution in [1.29, 1.82) is 0 Å². The average Bonchev–Trinajstić information content (AvgIpc) is 0.700. The summed E-state index contributed by atoms with van der Waals surface area (Å²) < 4.78 is 97.6. The van der Waals surface area contributed by atoms with Crippen molar-refractivity contribution in [3.63, 3.8) is 0 Å². The van der Waals surface area contributed by atoms with Gasteiger partial charge in [-0.2, -0.15) is 0 Å². The summed E-state index contributed by atoms with van der Waals surface area (Å²) >= 11 is 0. The molecule has 0 bridgehead atoms. The maximum Gasteiger partial charge on any atom is 0.260 e. The molecule has 8 aliphatic rings. The molecule has 0 radical (unpaired) electrons. The van der Waals surface area contributed by atoms with Gasteiger partial charge in [-0.15, -0.1) is 0 Å². The van der Waals surface area contributed by atoms with E-state index in [9.17, 15) is 4.57 Å². The lowest BCUT2D eigenvalue weighted by Crippen LogP contribution is -2.57. The number of fused-ring (bicyclic) bond motifs is 16. The van der Waals surface area contributed by atoms with Gasteiger partial charge in [0.2, 0.25) is 0 Å². The molecule has 148 heavy (non-hydrogen) atoms. The molecule has 0 aliphatic carbocycles. The van der Waals surface area contributed by atoms with Crippen LogP contribution in [-0.2, 0) is 13.7 Å². The molecular weight excluding hydrogens is 1880 g/mol. The van der Waals surface area contributed by atoms with Crippen LogP contribution in [0.1, 0.15) is 38.9 Å². The minimum atomic E-state index is -3.20. The Morgan fingerprint density at radius 3 is 0.791 bits per heavy atom. The van der Waals surface area contributed by atoms with Crippen molar-refractivity contribution in [3.8, 4) is 192 Å². The third kappa shape index (κ3) is 14.9. The van der Waals surface area contributed by atoms with Gasteiger partial charge in [-0.05, 0) is 291 Å². The molecule has 21 aromatic carbocycles. The van der Waals surface area contributed by atoms with Gasteiger partial charge in [0, 0.05) is 27.7 Å². The predicted octanol–water partition coefficient (Wildman–Crippen LogP) is 30.2. The Labute approximate surface area is 860 Å². The molecule has 3 atom stereocenters. The molecule has 0 N–H and O–H groups in total. The van der Waals surface area contributed by atoms with Gasteiger partial charge in [0.25, 0.3) is 6.71 Å². The highest BCUT2D eigenvalue weighted by atomic mass is 31.2. The van der Waals surface area contributed by atoms with Crippen LogP contribution >= 0.6 is 21.4 Å².